The standard InChI is InChI=1S/C19H13ClN6O/c1-10-18(11-2-5-13(20)6-3-11)19-21-15(9-17(27)26(19)24-10)12-4-7-14-16(8-12)23-25-22-14/h2-9,24H,1H3,(H,22,23,25). The minimum Gasteiger partial charge on any atom is -0.293 e. The lowest BCUT2D eigenvalue weighted by molar-refractivity contribution is 0.882. The molecule has 0 unspecified atom stereocenters. The molecular formula is C19H13ClN6O. The zero-order valence-corrected chi connectivity index (χ0v) is 14.9. The van der Waals surface area contributed by atoms with Crippen LogP contribution in [-0.4, -0.2) is 30.0 Å². The van der Waals surface area contributed by atoms with Crippen molar-refractivity contribution in [1.29, 1.82) is 0 Å². The van der Waals surface area contributed by atoms with E-state index in [0.717, 1.165) is 33.4 Å². The Labute approximate surface area is 157 Å². The van der Waals surface area contributed by atoms with Gasteiger partial charge in [-0.3, -0.25) is 9.89 Å². The van der Waals surface area contributed by atoms with E-state index in [9.17, 15) is 4.79 Å². The van der Waals surface area contributed by atoms with E-state index in [0.29, 0.717) is 16.4 Å². The number of fused-ring (bicyclic) bond motifs is 2. The van der Waals surface area contributed by atoms with Gasteiger partial charge in [-0.2, -0.15) is 15.4 Å². The maximum absolute atomic E-state index is 12.7. The molecule has 0 saturated heterocycles. The summed E-state index contributed by atoms with van der Waals surface area (Å²) in [5, 5.41) is 14.5. The molecule has 5 aromatic rings. The normalized spacial score (nSPS) is 11.5. The Balaban J connectivity index is 1.77. The molecule has 0 aliphatic heterocycles. The highest BCUT2D eigenvalue weighted by molar-refractivity contribution is 6.30. The minimum absolute atomic E-state index is 0.182. The molecule has 0 spiro atoms. The molecule has 0 bridgehead atoms. The molecule has 0 atom stereocenters. The molecule has 0 fully saturated rings. The molecule has 3 heterocycles. The molecular weight excluding hydrogens is 364 g/mol. The summed E-state index contributed by atoms with van der Waals surface area (Å²) in [4.78, 5) is 17.4. The lowest BCUT2D eigenvalue weighted by atomic mass is 10.1. The molecule has 7 nitrogen and oxygen atoms in total. The molecule has 2 aromatic carbocycles. The van der Waals surface area contributed by atoms with Crippen LogP contribution in [0.25, 0.3) is 39.1 Å². The SMILES string of the molecule is Cc1[nH]n2c(=O)cc(-c3ccc4n[nH]nc4c3)nc2c1-c1ccc(Cl)cc1. The van der Waals surface area contributed by atoms with Crippen molar-refractivity contribution in [1.82, 2.24) is 30.0 Å². The zero-order chi connectivity index (χ0) is 18.5. The van der Waals surface area contributed by atoms with Gasteiger partial charge in [0.1, 0.15) is 11.0 Å². The summed E-state index contributed by atoms with van der Waals surface area (Å²) in [6, 6.07) is 14.6. The van der Waals surface area contributed by atoms with Crippen molar-refractivity contribution < 1.29 is 0 Å². The van der Waals surface area contributed by atoms with E-state index in [4.69, 9.17) is 16.6 Å². The summed E-state index contributed by atoms with van der Waals surface area (Å²) in [6.45, 7) is 1.92. The maximum Gasteiger partial charge on any atom is 0.273 e. The smallest absolute Gasteiger partial charge is 0.273 e. The minimum atomic E-state index is -0.182. The lowest BCUT2D eigenvalue weighted by Gasteiger charge is -2.04. The van der Waals surface area contributed by atoms with E-state index in [1.165, 1.54) is 10.6 Å². The third-order valence-electron chi connectivity index (χ3n) is 4.54. The van der Waals surface area contributed by atoms with Crippen molar-refractivity contribution in [3.63, 3.8) is 0 Å². The molecule has 5 rings (SSSR count). The Morgan fingerprint density at radius 1 is 0.963 bits per heavy atom. The van der Waals surface area contributed by atoms with Gasteiger partial charge in [0, 0.05) is 27.9 Å². The molecule has 0 saturated carbocycles. The Hall–Kier alpha value is -3.45. The first-order chi connectivity index (χ1) is 13.1. The predicted molar refractivity (Wildman–Crippen MR) is 104 cm³/mol. The Morgan fingerprint density at radius 3 is 2.52 bits per heavy atom. The fourth-order valence-electron chi connectivity index (χ4n) is 3.26. The van der Waals surface area contributed by atoms with Crippen molar-refractivity contribution in [3.8, 4) is 22.4 Å². The fraction of sp³-hybridized carbons (Fsp3) is 0.0526. The molecule has 27 heavy (non-hydrogen) atoms. The highest BCUT2D eigenvalue weighted by atomic mass is 35.5. The van der Waals surface area contributed by atoms with Gasteiger partial charge in [0.25, 0.3) is 5.56 Å². The molecule has 0 aliphatic rings. The first kappa shape index (κ1) is 15.8. The molecule has 3 aromatic heterocycles. The van der Waals surface area contributed by atoms with Crippen LogP contribution in [0.1, 0.15) is 5.69 Å². The molecule has 132 valence electrons. The third-order valence-corrected chi connectivity index (χ3v) is 4.79. The number of benzene rings is 2. The first-order valence-corrected chi connectivity index (χ1v) is 8.67. The first-order valence-electron chi connectivity index (χ1n) is 8.29. The van der Waals surface area contributed by atoms with Crippen molar-refractivity contribution in [2.24, 2.45) is 0 Å². The maximum atomic E-state index is 12.7. The van der Waals surface area contributed by atoms with Crippen LogP contribution in [0.3, 0.4) is 0 Å². The van der Waals surface area contributed by atoms with Crippen LogP contribution in [-0.2, 0) is 0 Å². The summed E-state index contributed by atoms with van der Waals surface area (Å²) < 4.78 is 1.46. The average molecular weight is 377 g/mol. The van der Waals surface area contributed by atoms with Gasteiger partial charge in [0.15, 0.2) is 5.65 Å². The number of aromatic nitrogens is 6. The predicted octanol–water partition coefficient (Wildman–Crippen LogP) is 3.59. The molecule has 8 heteroatoms. The Morgan fingerprint density at radius 2 is 1.70 bits per heavy atom. The second-order valence-corrected chi connectivity index (χ2v) is 6.72. The van der Waals surface area contributed by atoms with E-state index in [1.807, 2.05) is 49.4 Å². The largest absolute Gasteiger partial charge is 0.293 e. The van der Waals surface area contributed by atoms with Gasteiger partial charge in [-0.15, -0.1) is 0 Å². The summed E-state index contributed by atoms with van der Waals surface area (Å²) in [5.74, 6) is 0. The Bertz CT molecular complexity index is 1360. The van der Waals surface area contributed by atoms with Crippen LogP contribution in [0.15, 0.2) is 53.3 Å². The second-order valence-electron chi connectivity index (χ2n) is 6.28. The highest BCUT2D eigenvalue weighted by Crippen LogP contribution is 2.29. The number of aryl methyl sites for hydroxylation is 1. The van der Waals surface area contributed by atoms with E-state index >= 15 is 0 Å². The molecule has 2 N–H and O–H groups in total. The average Bonchev–Trinajstić information content (AvgIpc) is 3.26. The number of nitrogens with zero attached hydrogens (tertiary/aromatic N) is 4. The molecule has 0 radical (unpaired) electrons. The van der Waals surface area contributed by atoms with E-state index < -0.39 is 0 Å². The molecule has 0 aliphatic carbocycles. The van der Waals surface area contributed by atoms with Crippen LogP contribution in [0.4, 0.5) is 0 Å². The van der Waals surface area contributed by atoms with Gasteiger partial charge in [-0.25, -0.2) is 9.50 Å². The highest BCUT2D eigenvalue weighted by Gasteiger charge is 2.15. The van der Waals surface area contributed by atoms with Gasteiger partial charge in [-0.1, -0.05) is 29.8 Å². The lowest BCUT2D eigenvalue weighted by Crippen LogP contribution is -2.14. The fourth-order valence-corrected chi connectivity index (χ4v) is 3.38. The Kier molecular flexibility index (Phi) is 3.38. The summed E-state index contributed by atoms with van der Waals surface area (Å²) >= 11 is 6.01. The van der Waals surface area contributed by atoms with Crippen molar-refractivity contribution in [2.45, 2.75) is 6.92 Å². The quantitative estimate of drug-likeness (QED) is 0.492. The van der Waals surface area contributed by atoms with Gasteiger partial charge in [0.05, 0.1) is 5.69 Å². The summed E-state index contributed by atoms with van der Waals surface area (Å²) in [5.41, 5.74) is 5.91. The third kappa shape index (κ3) is 2.51. The van der Waals surface area contributed by atoms with Gasteiger partial charge < -0.3 is 0 Å². The topological polar surface area (TPSA) is 91.7 Å². The van der Waals surface area contributed by atoms with Gasteiger partial charge in [0.2, 0.25) is 0 Å². The number of rotatable bonds is 2. The van der Waals surface area contributed by atoms with Crippen molar-refractivity contribution in [2.75, 3.05) is 0 Å². The van der Waals surface area contributed by atoms with Gasteiger partial charge in [-0.05, 0) is 36.8 Å². The van der Waals surface area contributed by atoms with Crippen molar-refractivity contribution in [3.05, 3.63) is 69.6 Å². The number of hydrogen-bond acceptors (Lipinski definition) is 4. The van der Waals surface area contributed by atoms with Crippen LogP contribution in [0, 0.1) is 6.92 Å². The second kappa shape index (κ2) is 5.78. The number of nitrogens with one attached hydrogen (secondary N) is 2. The number of H-pyrrole nitrogens is 2. The van der Waals surface area contributed by atoms with Crippen LogP contribution < -0.4 is 5.56 Å². The van der Waals surface area contributed by atoms with Crippen LogP contribution in [0.5, 0.6) is 0 Å². The summed E-state index contributed by atoms with van der Waals surface area (Å²) in [7, 11) is 0. The number of hydrogen-bond donors (Lipinski definition) is 2. The monoisotopic (exact) mass is 376 g/mol. The van der Waals surface area contributed by atoms with Crippen LogP contribution >= 0.6 is 11.6 Å². The van der Waals surface area contributed by atoms with E-state index in [-0.39, 0.29) is 5.56 Å². The molecule has 0 amide bonds. The van der Waals surface area contributed by atoms with Gasteiger partial charge >= 0.3 is 0 Å². The summed E-state index contributed by atoms with van der Waals surface area (Å²) in [6.07, 6.45) is 0. The van der Waals surface area contributed by atoms with Crippen LogP contribution in [0.2, 0.25) is 5.02 Å². The number of aromatic amines is 2. The zero-order valence-electron chi connectivity index (χ0n) is 14.2. The van der Waals surface area contributed by atoms with E-state index in [1.54, 1.807) is 0 Å². The van der Waals surface area contributed by atoms with Crippen molar-refractivity contribution >= 4 is 28.3 Å². The number of halogens is 1. The van der Waals surface area contributed by atoms with E-state index in [2.05, 4.69) is 20.5 Å².